The van der Waals surface area contributed by atoms with Crippen molar-refractivity contribution in [1.29, 1.82) is 0 Å². The molecule has 1 aliphatic rings. The lowest BCUT2D eigenvalue weighted by Gasteiger charge is -2.19. The van der Waals surface area contributed by atoms with Gasteiger partial charge in [0.05, 0.1) is 6.54 Å². The van der Waals surface area contributed by atoms with Crippen molar-refractivity contribution < 1.29 is 24.3 Å². The Kier molecular flexibility index (Phi) is 7.60. The van der Waals surface area contributed by atoms with Crippen LogP contribution in [0.2, 0.25) is 0 Å². The number of carboxylic acids is 1. The van der Waals surface area contributed by atoms with Crippen molar-refractivity contribution >= 4 is 23.9 Å². The number of urea groups is 2. The molecule has 146 valence electrons. The highest BCUT2D eigenvalue weighted by Crippen LogP contribution is 2.08. The van der Waals surface area contributed by atoms with Crippen LogP contribution in [-0.4, -0.2) is 59.6 Å². The Morgan fingerprint density at radius 2 is 1.96 bits per heavy atom. The normalized spacial score (nSPS) is 14.6. The smallest absolute Gasteiger partial charge is 0.324 e. The average molecular weight is 376 g/mol. The SMILES string of the molecule is O=C(O)CCC(Cc1ccccc1)NC(=O)NCCCN1C(=O)CNC1=O. The molecule has 5 amide bonds. The Labute approximate surface area is 157 Å². The fraction of sp³-hybridized carbons (Fsp3) is 0.444. The first-order valence-electron chi connectivity index (χ1n) is 8.84. The van der Waals surface area contributed by atoms with Gasteiger partial charge in [-0.15, -0.1) is 0 Å². The highest BCUT2D eigenvalue weighted by Gasteiger charge is 2.27. The van der Waals surface area contributed by atoms with Crippen molar-refractivity contribution in [3.05, 3.63) is 35.9 Å². The van der Waals surface area contributed by atoms with Crippen molar-refractivity contribution in [2.24, 2.45) is 0 Å². The van der Waals surface area contributed by atoms with Crippen LogP contribution in [0.1, 0.15) is 24.8 Å². The molecule has 1 fully saturated rings. The van der Waals surface area contributed by atoms with Crippen molar-refractivity contribution in [3.8, 4) is 0 Å². The number of nitrogens with zero attached hydrogens (tertiary/aromatic N) is 1. The van der Waals surface area contributed by atoms with E-state index in [1.54, 1.807) is 0 Å². The van der Waals surface area contributed by atoms with Crippen LogP contribution >= 0.6 is 0 Å². The number of imide groups is 1. The fourth-order valence-electron chi connectivity index (χ4n) is 2.78. The van der Waals surface area contributed by atoms with E-state index in [0.29, 0.717) is 25.8 Å². The molecule has 4 N–H and O–H groups in total. The van der Waals surface area contributed by atoms with Crippen molar-refractivity contribution in [2.75, 3.05) is 19.6 Å². The van der Waals surface area contributed by atoms with Gasteiger partial charge in [0.2, 0.25) is 5.91 Å². The zero-order valence-corrected chi connectivity index (χ0v) is 14.9. The third-order valence-corrected chi connectivity index (χ3v) is 4.15. The Morgan fingerprint density at radius 3 is 2.59 bits per heavy atom. The summed E-state index contributed by atoms with van der Waals surface area (Å²) in [7, 11) is 0. The predicted octanol–water partition coefficient (Wildman–Crippen LogP) is 0.704. The Balaban J connectivity index is 1.75. The summed E-state index contributed by atoms with van der Waals surface area (Å²) in [6, 6.07) is 8.38. The maximum absolute atomic E-state index is 12.1. The molecule has 0 bridgehead atoms. The van der Waals surface area contributed by atoms with E-state index in [1.807, 2.05) is 30.3 Å². The largest absolute Gasteiger partial charge is 0.481 e. The summed E-state index contributed by atoms with van der Waals surface area (Å²) in [5, 5.41) is 16.8. The number of carbonyl (C=O) groups is 4. The zero-order valence-electron chi connectivity index (χ0n) is 14.9. The molecule has 9 nitrogen and oxygen atoms in total. The van der Waals surface area contributed by atoms with Crippen LogP contribution in [0, 0.1) is 0 Å². The second kappa shape index (κ2) is 10.1. The minimum absolute atomic E-state index is 0.0114. The topological polar surface area (TPSA) is 128 Å². The van der Waals surface area contributed by atoms with E-state index in [-0.39, 0.29) is 31.5 Å². The number of hydrogen-bond acceptors (Lipinski definition) is 4. The molecule has 1 saturated heterocycles. The number of carboxylic acid groups (broad SMARTS) is 1. The molecule has 27 heavy (non-hydrogen) atoms. The summed E-state index contributed by atoms with van der Waals surface area (Å²) < 4.78 is 0. The van der Waals surface area contributed by atoms with E-state index in [2.05, 4.69) is 16.0 Å². The first kappa shape index (κ1) is 20.2. The predicted molar refractivity (Wildman–Crippen MR) is 97.1 cm³/mol. The van der Waals surface area contributed by atoms with Crippen molar-refractivity contribution in [1.82, 2.24) is 20.9 Å². The highest BCUT2D eigenvalue weighted by molar-refractivity contribution is 6.01. The molecule has 1 unspecified atom stereocenters. The molecule has 0 spiro atoms. The van der Waals surface area contributed by atoms with Crippen LogP contribution in [-0.2, 0) is 16.0 Å². The summed E-state index contributed by atoms with van der Waals surface area (Å²) in [4.78, 5) is 46.9. The van der Waals surface area contributed by atoms with E-state index >= 15 is 0 Å². The standard InChI is InChI=1S/C18H24N4O5/c23-15-12-20-18(27)22(15)10-4-9-19-17(26)21-14(7-8-16(24)25)11-13-5-2-1-3-6-13/h1-3,5-6,14H,4,7-12H2,(H,20,27)(H,24,25)(H2,19,21,26). The van der Waals surface area contributed by atoms with Crippen LogP contribution in [0.5, 0.6) is 0 Å². The maximum Gasteiger partial charge on any atom is 0.324 e. The van der Waals surface area contributed by atoms with Gasteiger partial charge in [0.25, 0.3) is 0 Å². The van der Waals surface area contributed by atoms with Gasteiger partial charge in [-0.3, -0.25) is 14.5 Å². The van der Waals surface area contributed by atoms with Gasteiger partial charge in [-0.2, -0.15) is 0 Å². The van der Waals surface area contributed by atoms with Crippen molar-refractivity contribution in [3.63, 3.8) is 0 Å². The molecule has 9 heteroatoms. The van der Waals surface area contributed by atoms with Gasteiger partial charge < -0.3 is 21.1 Å². The highest BCUT2D eigenvalue weighted by atomic mass is 16.4. The lowest BCUT2D eigenvalue weighted by Crippen LogP contribution is -2.44. The monoisotopic (exact) mass is 376 g/mol. The number of nitrogens with one attached hydrogen (secondary N) is 3. The maximum atomic E-state index is 12.1. The summed E-state index contributed by atoms with van der Waals surface area (Å²) >= 11 is 0. The van der Waals surface area contributed by atoms with Crippen LogP contribution in [0.3, 0.4) is 0 Å². The van der Waals surface area contributed by atoms with E-state index in [1.165, 1.54) is 0 Å². The molecule has 0 aliphatic carbocycles. The van der Waals surface area contributed by atoms with Gasteiger partial charge in [-0.25, -0.2) is 9.59 Å². The third kappa shape index (κ3) is 6.96. The minimum Gasteiger partial charge on any atom is -0.481 e. The molecule has 0 aromatic heterocycles. The molecular formula is C18H24N4O5. The van der Waals surface area contributed by atoms with Gasteiger partial charge >= 0.3 is 18.0 Å². The fourth-order valence-corrected chi connectivity index (χ4v) is 2.78. The molecule has 2 rings (SSSR count). The molecule has 1 aromatic rings. The van der Waals surface area contributed by atoms with Crippen LogP contribution in [0.25, 0.3) is 0 Å². The lowest BCUT2D eigenvalue weighted by molar-refractivity contribution is -0.137. The van der Waals surface area contributed by atoms with Gasteiger partial charge in [0, 0.05) is 25.6 Å². The Morgan fingerprint density at radius 1 is 1.22 bits per heavy atom. The molecule has 1 atom stereocenters. The molecule has 0 saturated carbocycles. The first-order chi connectivity index (χ1) is 13.0. The number of hydrogen-bond donors (Lipinski definition) is 4. The number of aliphatic carboxylic acids is 1. The average Bonchev–Trinajstić information content (AvgIpc) is 2.96. The van der Waals surface area contributed by atoms with E-state index in [9.17, 15) is 19.2 Å². The van der Waals surface area contributed by atoms with Gasteiger partial charge in [0.1, 0.15) is 0 Å². The minimum atomic E-state index is -0.913. The molecule has 0 radical (unpaired) electrons. The Bertz CT molecular complexity index is 664. The van der Waals surface area contributed by atoms with Crippen LogP contribution in [0.4, 0.5) is 9.59 Å². The third-order valence-electron chi connectivity index (χ3n) is 4.15. The van der Waals surface area contributed by atoms with Crippen LogP contribution < -0.4 is 16.0 Å². The van der Waals surface area contributed by atoms with Gasteiger partial charge in [-0.05, 0) is 24.8 Å². The van der Waals surface area contributed by atoms with Gasteiger partial charge in [-0.1, -0.05) is 30.3 Å². The molecular weight excluding hydrogens is 352 g/mol. The second-order valence-electron chi connectivity index (χ2n) is 6.28. The van der Waals surface area contributed by atoms with Crippen LogP contribution in [0.15, 0.2) is 30.3 Å². The Hall–Kier alpha value is -3.10. The number of rotatable bonds is 10. The van der Waals surface area contributed by atoms with Crippen molar-refractivity contribution in [2.45, 2.75) is 31.7 Å². The summed E-state index contributed by atoms with van der Waals surface area (Å²) in [6.07, 6.45) is 1.25. The lowest BCUT2D eigenvalue weighted by atomic mass is 10.0. The van der Waals surface area contributed by atoms with E-state index in [4.69, 9.17) is 5.11 Å². The molecule has 1 heterocycles. The summed E-state index contributed by atoms with van der Waals surface area (Å²) in [5.41, 5.74) is 1.01. The number of amides is 5. The second-order valence-corrected chi connectivity index (χ2v) is 6.28. The zero-order chi connectivity index (χ0) is 19.6. The van der Waals surface area contributed by atoms with E-state index in [0.717, 1.165) is 10.5 Å². The van der Waals surface area contributed by atoms with Gasteiger partial charge in [0.15, 0.2) is 0 Å². The summed E-state index contributed by atoms with van der Waals surface area (Å²) in [5.74, 6) is -1.19. The summed E-state index contributed by atoms with van der Waals surface area (Å²) in [6.45, 7) is 0.536. The number of carbonyl (C=O) groups excluding carboxylic acids is 3. The number of benzene rings is 1. The molecule has 1 aliphatic heterocycles. The van der Waals surface area contributed by atoms with E-state index < -0.39 is 18.0 Å². The first-order valence-corrected chi connectivity index (χ1v) is 8.84. The molecule has 1 aromatic carbocycles. The quantitative estimate of drug-likeness (QED) is 0.353.